The van der Waals surface area contributed by atoms with Gasteiger partial charge in [0, 0.05) is 45.3 Å². The van der Waals surface area contributed by atoms with Gasteiger partial charge in [0.25, 0.3) is 0 Å². The van der Waals surface area contributed by atoms with Crippen LogP contribution in [0.3, 0.4) is 0 Å². The molecule has 2 aliphatic rings. The molecular weight excluding hydrogens is 302 g/mol. The number of nitrogens with zero attached hydrogens (tertiary/aromatic N) is 4. The third-order valence-corrected chi connectivity index (χ3v) is 5.31. The summed E-state index contributed by atoms with van der Waals surface area (Å²) in [4.78, 5) is 17.0. The number of hydrogen-bond acceptors (Lipinski definition) is 4. The van der Waals surface area contributed by atoms with Crippen LogP contribution in [0.1, 0.15) is 17.8 Å². The van der Waals surface area contributed by atoms with Gasteiger partial charge in [-0.15, -0.1) is 0 Å². The van der Waals surface area contributed by atoms with Crippen molar-refractivity contribution in [3.63, 3.8) is 0 Å². The Labute approximate surface area is 136 Å². The Balaban J connectivity index is 1.58. The number of hydrogen-bond donors (Lipinski definition) is 1. The zero-order valence-corrected chi connectivity index (χ0v) is 14.1. The lowest BCUT2D eigenvalue weighted by Gasteiger charge is -2.32. The molecule has 22 heavy (non-hydrogen) atoms. The van der Waals surface area contributed by atoms with E-state index in [0.717, 1.165) is 57.1 Å². The molecular formula is C15H24ClN5O. The van der Waals surface area contributed by atoms with Crippen LogP contribution in [-0.4, -0.2) is 70.8 Å². The molecule has 2 aliphatic heterocycles. The Morgan fingerprint density at radius 1 is 1.32 bits per heavy atom. The molecule has 1 amide bonds. The Morgan fingerprint density at radius 3 is 2.68 bits per heavy atom. The van der Waals surface area contributed by atoms with Crippen LogP contribution in [0.25, 0.3) is 0 Å². The first kappa shape index (κ1) is 15.8. The summed E-state index contributed by atoms with van der Waals surface area (Å²) in [5.41, 5.74) is 1.65. The summed E-state index contributed by atoms with van der Waals surface area (Å²) >= 11 is 6.15. The van der Waals surface area contributed by atoms with Gasteiger partial charge in [-0.2, -0.15) is 5.10 Å². The van der Waals surface area contributed by atoms with Gasteiger partial charge in [-0.1, -0.05) is 11.6 Å². The maximum Gasteiger partial charge on any atom is 0.244 e. The van der Waals surface area contributed by atoms with E-state index in [1.165, 1.54) is 0 Å². The number of carbonyl (C=O) groups excluding carboxylic acids is 1. The zero-order chi connectivity index (χ0) is 15.7. The fourth-order valence-corrected chi connectivity index (χ4v) is 3.51. The highest BCUT2D eigenvalue weighted by atomic mass is 35.5. The first-order chi connectivity index (χ1) is 10.6. The number of amides is 1. The first-order valence-corrected chi connectivity index (χ1v) is 8.36. The number of aromatic nitrogens is 2. The molecule has 2 fully saturated rings. The van der Waals surface area contributed by atoms with Crippen LogP contribution >= 0.6 is 11.6 Å². The van der Waals surface area contributed by atoms with Crippen molar-refractivity contribution < 1.29 is 4.79 Å². The Morgan fingerprint density at radius 2 is 2.05 bits per heavy atom. The molecule has 0 aliphatic carbocycles. The number of carbonyl (C=O) groups is 1. The molecule has 1 N–H and O–H groups in total. The van der Waals surface area contributed by atoms with E-state index in [2.05, 4.69) is 15.3 Å². The molecule has 1 aromatic rings. The molecule has 3 heterocycles. The predicted octanol–water partition coefficient (Wildman–Crippen LogP) is 0.659. The van der Waals surface area contributed by atoms with Crippen molar-refractivity contribution in [2.24, 2.45) is 0 Å². The van der Waals surface area contributed by atoms with Crippen LogP contribution in [0.4, 0.5) is 0 Å². The highest BCUT2D eigenvalue weighted by molar-refractivity contribution is 6.31. The van der Waals surface area contributed by atoms with E-state index < -0.39 is 0 Å². The normalized spacial score (nSPS) is 23.2. The summed E-state index contributed by atoms with van der Waals surface area (Å²) in [5.74, 6) is 0.139. The quantitative estimate of drug-likeness (QED) is 0.887. The number of aryl methyl sites for hydroxylation is 1. The van der Waals surface area contributed by atoms with E-state index in [9.17, 15) is 4.79 Å². The summed E-state index contributed by atoms with van der Waals surface area (Å²) < 4.78 is 1.72. The average molecular weight is 326 g/mol. The van der Waals surface area contributed by atoms with E-state index in [0.29, 0.717) is 11.1 Å². The van der Waals surface area contributed by atoms with Crippen LogP contribution in [0, 0.1) is 13.8 Å². The topological polar surface area (TPSA) is 53.4 Å². The maximum atomic E-state index is 12.5. The molecule has 1 atom stereocenters. The SMILES string of the molecule is Cc1nn(CC(=O)N2CCC(N3CCNCC3)C2)c(C)c1Cl. The zero-order valence-electron chi connectivity index (χ0n) is 13.3. The van der Waals surface area contributed by atoms with Crippen LogP contribution in [0.2, 0.25) is 5.02 Å². The third kappa shape index (κ3) is 3.14. The molecule has 0 radical (unpaired) electrons. The predicted molar refractivity (Wildman–Crippen MR) is 86.1 cm³/mol. The Kier molecular flexibility index (Phi) is 4.70. The number of piperazine rings is 1. The molecule has 3 rings (SSSR count). The largest absolute Gasteiger partial charge is 0.339 e. The van der Waals surface area contributed by atoms with Gasteiger partial charge < -0.3 is 10.2 Å². The van der Waals surface area contributed by atoms with Crippen molar-refractivity contribution in [1.29, 1.82) is 0 Å². The van der Waals surface area contributed by atoms with E-state index >= 15 is 0 Å². The first-order valence-electron chi connectivity index (χ1n) is 7.98. The summed E-state index contributed by atoms with van der Waals surface area (Å²) in [6, 6.07) is 0.509. The van der Waals surface area contributed by atoms with E-state index in [1.54, 1.807) is 4.68 Å². The van der Waals surface area contributed by atoms with Gasteiger partial charge in [0.05, 0.1) is 16.4 Å². The standard InChI is InChI=1S/C15H24ClN5O/c1-11-15(16)12(2)21(18-11)10-14(22)20-6-3-13(9-20)19-7-4-17-5-8-19/h13,17H,3-10H2,1-2H3. The van der Waals surface area contributed by atoms with Crippen molar-refractivity contribution in [1.82, 2.24) is 24.9 Å². The van der Waals surface area contributed by atoms with E-state index in [-0.39, 0.29) is 12.5 Å². The minimum atomic E-state index is 0.139. The number of likely N-dealkylation sites (tertiary alicyclic amines) is 1. The molecule has 0 bridgehead atoms. The van der Waals surface area contributed by atoms with Gasteiger partial charge in [-0.05, 0) is 20.3 Å². The second-order valence-corrected chi connectivity index (χ2v) is 6.59. The average Bonchev–Trinajstić information content (AvgIpc) is 3.11. The smallest absolute Gasteiger partial charge is 0.244 e. The molecule has 2 saturated heterocycles. The fraction of sp³-hybridized carbons (Fsp3) is 0.733. The lowest BCUT2D eigenvalue weighted by Crippen LogP contribution is -2.49. The molecule has 7 heteroatoms. The molecule has 6 nitrogen and oxygen atoms in total. The summed E-state index contributed by atoms with van der Waals surface area (Å²) in [6.07, 6.45) is 1.07. The van der Waals surface area contributed by atoms with Crippen molar-refractivity contribution in [3.05, 3.63) is 16.4 Å². The van der Waals surface area contributed by atoms with Crippen molar-refractivity contribution >= 4 is 17.5 Å². The van der Waals surface area contributed by atoms with Crippen LogP contribution < -0.4 is 5.32 Å². The highest BCUT2D eigenvalue weighted by Gasteiger charge is 2.31. The van der Waals surface area contributed by atoms with E-state index in [4.69, 9.17) is 11.6 Å². The number of halogens is 1. The monoisotopic (exact) mass is 325 g/mol. The van der Waals surface area contributed by atoms with Crippen molar-refractivity contribution in [2.75, 3.05) is 39.3 Å². The minimum absolute atomic E-state index is 0.139. The van der Waals surface area contributed by atoms with Gasteiger partial charge in [-0.3, -0.25) is 14.4 Å². The Hall–Kier alpha value is -1.11. The van der Waals surface area contributed by atoms with Gasteiger partial charge in [0.15, 0.2) is 0 Å². The van der Waals surface area contributed by atoms with Gasteiger partial charge in [0.2, 0.25) is 5.91 Å². The molecule has 0 spiro atoms. The number of rotatable bonds is 3. The minimum Gasteiger partial charge on any atom is -0.339 e. The van der Waals surface area contributed by atoms with Crippen molar-refractivity contribution in [2.45, 2.75) is 32.9 Å². The number of nitrogens with one attached hydrogen (secondary N) is 1. The summed E-state index contributed by atoms with van der Waals surface area (Å²) in [6.45, 7) is 10.0. The second kappa shape index (κ2) is 6.56. The van der Waals surface area contributed by atoms with Crippen LogP contribution in [0.5, 0.6) is 0 Å². The third-order valence-electron chi connectivity index (χ3n) is 4.76. The lowest BCUT2D eigenvalue weighted by molar-refractivity contribution is -0.131. The highest BCUT2D eigenvalue weighted by Crippen LogP contribution is 2.20. The fourth-order valence-electron chi connectivity index (χ4n) is 3.37. The van der Waals surface area contributed by atoms with Gasteiger partial charge in [0.1, 0.15) is 6.54 Å². The lowest BCUT2D eigenvalue weighted by atomic mass is 10.2. The molecule has 1 unspecified atom stereocenters. The second-order valence-electron chi connectivity index (χ2n) is 6.21. The summed E-state index contributed by atoms with van der Waals surface area (Å²) in [7, 11) is 0. The van der Waals surface area contributed by atoms with Gasteiger partial charge in [-0.25, -0.2) is 0 Å². The van der Waals surface area contributed by atoms with Crippen LogP contribution in [0.15, 0.2) is 0 Å². The van der Waals surface area contributed by atoms with Crippen LogP contribution in [-0.2, 0) is 11.3 Å². The van der Waals surface area contributed by atoms with Crippen molar-refractivity contribution in [3.8, 4) is 0 Å². The molecule has 0 saturated carbocycles. The molecule has 0 aromatic carbocycles. The van der Waals surface area contributed by atoms with E-state index in [1.807, 2.05) is 18.7 Å². The maximum absolute atomic E-state index is 12.5. The molecule has 122 valence electrons. The van der Waals surface area contributed by atoms with Gasteiger partial charge >= 0.3 is 0 Å². The molecule has 1 aromatic heterocycles. The Bertz CT molecular complexity index is 552. The summed E-state index contributed by atoms with van der Waals surface area (Å²) in [5, 5.41) is 8.38.